The molecule has 0 aliphatic carbocycles. The Morgan fingerprint density at radius 2 is 2.09 bits per heavy atom. The largest absolute Gasteiger partial charge is 0.363 e. The van der Waals surface area contributed by atoms with Gasteiger partial charge in [-0.3, -0.25) is 9.59 Å². The zero-order valence-corrected chi connectivity index (χ0v) is 12.2. The Balaban J connectivity index is 1.88. The molecule has 2 atom stereocenters. The minimum Gasteiger partial charge on any atom is -0.363 e. The molecular weight excluding hydrogens is 305 g/mol. The number of halogens is 1. The van der Waals surface area contributed by atoms with E-state index in [1.807, 2.05) is 0 Å². The van der Waals surface area contributed by atoms with Crippen LogP contribution in [0, 0.1) is 5.82 Å². The molecule has 2 aromatic rings. The van der Waals surface area contributed by atoms with Crippen molar-refractivity contribution >= 4 is 17.6 Å². The molecule has 0 saturated carbocycles. The molecule has 1 aromatic heterocycles. The molecular formula is C15H14FN3O4. The molecule has 7 nitrogen and oxygen atoms in total. The fourth-order valence-corrected chi connectivity index (χ4v) is 2.46. The molecule has 8 heteroatoms. The van der Waals surface area contributed by atoms with E-state index in [4.69, 9.17) is 4.74 Å². The fraction of sp³-hybridized carbons (Fsp3) is 0.267. The van der Waals surface area contributed by atoms with Crippen LogP contribution in [0.3, 0.4) is 0 Å². The van der Waals surface area contributed by atoms with Gasteiger partial charge in [0, 0.05) is 13.1 Å². The van der Waals surface area contributed by atoms with Gasteiger partial charge in [0.25, 0.3) is 5.91 Å². The van der Waals surface area contributed by atoms with Gasteiger partial charge in [-0.15, -0.1) is 0 Å². The Kier molecular flexibility index (Phi) is 4.07. The second-order valence-electron chi connectivity index (χ2n) is 5.11. The van der Waals surface area contributed by atoms with Crippen LogP contribution in [0.25, 0.3) is 0 Å². The monoisotopic (exact) mass is 319 g/mol. The van der Waals surface area contributed by atoms with Crippen molar-refractivity contribution in [3.8, 4) is 0 Å². The van der Waals surface area contributed by atoms with E-state index in [1.54, 1.807) is 7.05 Å². The smallest absolute Gasteiger partial charge is 0.257 e. The van der Waals surface area contributed by atoms with Crippen molar-refractivity contribution in [3.63, 3.8) is 0 Å². The molecule has 1 fully saturated rings. The predicted molar refractivity (Wildman–Crippen MR) is 76.8 cm³/mol. The number of rotatable bonds is 3. The van der Waals surface area contributed by atoms with E-state index in [2.05, 4.69) is 15.0 Å². The van der Waals surface area contributed by atoms with E-state index in [0.717, 1.165) is 0 Å². The van der Waals surface area contributed by atoms with E-state index in [-0.39, 0.29) is 18.3 Å². The number of benzene rings is 1. The SMILES string of the molecule is CN1C(=O)CO[C@H](C(=O)Nc2ccon2)[C@H]1c1ccc(F)cc1. The number of anilines is 1. The van der Waals surface area contributed by atoms with Crippen molar-refractivity contribution in [2.45, 2.75) is 12.1 Å². The number of carbonyl (C=O) groups excluding carboxylic acids is 2. The molecule has 0 spiro atoms. The van der Waals surface area contributed by atoms with Gasteiger partial charge in [-0.1, -0.05) is 17.3 Å². The molecule has 1 aliphatic rings. The first kappa shape index (κ1) is 15.2. The number of likely N-dealkylation sites (N-methyl/N-ethyl adjacent to an activating group) is 1. The number of amides is 2. The lowest BCUT2D eigenvalue weighted by molar-refractivity contribution is -0.160. The average molecular weight is 319 g/mol. The fourth-order valence-electron chi connectivity index (χ4n) is 2.46. The summed E-state index contributed by atoms with van der Waals surface area (Å²) < 4.78 is 23.2. The zero-order valence-electron chi connectivity index (χ0n) is 12.2. The lowest BCUT2D eigenvalue weighted by Gasteiger charge is -2.38. The van der Waals surface area contributed by atoms with Gasteiger partial charge in [0.1, 0.15) is 18.7 Å². The molecule has 1 N–H and O–H groups in total. The van der Waals surface area contributed by atoms with Crippen LogP contribution in [0.4, 0.5) is 10.2 Å². The Morgan fingerprint density at radius 3 is 2.74 bits per heavy atom. The number of carbonyl (C=O) groups is 2. The highest BCUT2D eigenvalue weighted by molar-refractivity contribution is 5.95. The van der Waals surface area contributed by atoms with Crippen molar-refractivity contribution in [3.05, 3.63) is 48.0 Å². The van der Waals surface area contributed by atoms with Crippen LogP contribution in [0.1, 0.15) is 11.6 Å². The summed E-state index contributed by atoms with van der Waals surface area (Å²) in [6, 6.07) is 6.42. The minimum atomic E-state index is -0.945. The first-order valence-corrected chi connectivity index (χ1v) is 6.90. The van der Waals surface area contributed by atoms with Crippen molar-refractivity contribution in [2.75, 3.05) is 19.0 Å². The topological polar surface area (TPSA) is 84.7 Å². The maximum atomic E-state index is 13.1. The summed E-state index contributed by atoms with van der Waals surface area (Å²) in [7, 11) is 1.58. The number of morpholine rings is 1. The van der Waals surface area contributed by atoms with E-state index in [1.165, 1.54) is 41.5 Å². The maximum Gasteiger partial charge on any atom is 0.257 e. The first-order chi connectivity index (χ1) is 11.1. The molecule has 1 saturated heterocycles. The van der Waals surface area contributed by atoms with Crippen molar-refractivity contribution in [1.82, 2.24) is 10.1 Å². The van der Waals surface area contributed by atoms with E-state index in [0.29, 0.717) is 5.56 Å². The van der Waals surface area contributed by atoms with Crippen molar-refractivity contribution < 1.29 is 23.2 Å². The number of nitrogens with zero attached hydrogens (tertiary/aromatic N) is 2. The Labute approximate surface area is 131 Å². The van der Waals surface area contributed by atoms with Gasteiger partial charge in [0.15, 0.2) is 11.9 Å². The lowest BCUT2D eigenvalue weighted by Crippen LogP contribution is -2.51. The Morgan fingerprint density at radius 1 is 1.35 bits per heavy atom. The average Bonchev–Trinajstić information content (AvgIpc) is 3.04. The summed E-state index contributed by atoms with van der Waals surface area (Å²) in [5.41, 5.74) is 0.599. The lowest BCUT2D eigenvalue weighted by atomic mass is 9.97. The third kappa shape index (κ3) is 3.07. The van der Waals surface area contributed by atoms with Crippen LogP contribution in [0.15, 0.2) is 41.1 Å². The molecule has 0 unspecified atom stereocenters. The van der Waals surface area contributed by atoms with Crippen LogP contribution in [-0.2, 0) is 14.3 Å². The van der Waals surface area contributed by atoms with Crippen LogP contribution >= 0.6 is 0 Å². The normalized spacial score (nSPS) is 21.3. The predicted octanol–water partition coefficient (Wildman–Crippen LogP) is 1.35. The summed E-state index contributed by atoms with van der Waals surface area (Å²) >= 11 is 0. The standard InChI is InChI=1S/C15H14FN3O4/c1-19-12(20)8-22-14(15(21)17-11-6-7-23-18-11)13(19)9-2-4-10(16)5-3-9/h2-7,13-14H,8H2,1H3,(H,17,18,21)/t13-,14+/m1/s1. The second-order valence-corrected chi connectivity index (χ2v) is 5.11. The number of hydrogen-bond acceptors (Lipinski definition) is 5. The van der Waals surface area contributed by atoms with Crippen molar-refractivity contribution in [2.24, 2.45) is 0 Å². The number of ether oxygens (including phenoxy) is 1. The van der Waals surface area contributed by atoms with Gasteiger partial charge in [-0.2, -0.15) is 0 Å². The summed E-state index contributed by atoms with van der Waals surface area (Å²) in [5.74, 6) is -0.878. The summed E-state index contributed by atoms with van der Waals surface area (Å²) in [4.78, 5) is 25.8. The van der Waals surface area contributed by atoms with Gasteiger partial charge in [0.05, 0.1) is 6.04 Å². The third-order valence-corrected chi connectivity index (χ3v) is 3.64. The molecule has 2 heterocycles. The first-order valence-electron chi connectivity index (χ1n) is 6.90. The molecule has 1 aromatic carbocycles. The van der Waals surface area contributed by atoms with Gasteiger partial charge in [-0.05, 0) is 17.7 Å². The van der Waals surface area contributed by atoms with Gasteiger partial charge < -0.3 is 19.5 Å². The molecule has 2 amide bonds. The van der Waals surface area contributed by atoms with Crippen LogP contribution in [0.5, 0.6) is 0 Å². The Hall–Kier alpha value is -2.74. The quantitative estimate of drug-likeness (QED) is 0.923. The molecule has 1 aliphatic heterocycles. The van der Waals surface area contributed by atoms with Crippen LogP contribution < -0.4 is 5.32 Å². The second kappa shape index (κ2) is 6.17. The van der Waals surface area contributed by atoms with Gasteiger partial charge >= 0.3 is 0 Å². The minimum absolute atomic E-state index is 0.203. The van der Waals surface area contributed by atoms with Crippen LogP contribution in [-0.4, -0.2) is 41.6 Å². The van der Waals surface area contributed by atoms with E-state index >= 15 is 0 Å². The summed E-state index contributed by atoms with van der Waals surface area (Å²) in [5, 5.41) is 6.16. The number of aromatic nitrogens is 1. The molecule has 0 radical (unpaired) electrons. The van der Waals surface area contributed by atoms with Crippen LogP contribution in [0.2, 0.25) is 0 Å². The highest BCUT2D eigenvalue weighted by Gasteiger charge is 2.40. The number of nitrogens with one attached hydrogen (secondary N) is 1. The molecule has 0 bridgehead atoms. The summed E-state index contributed by atoms with van der Waals surface area (Å²) in [6.07, 6.45) is 0.379. The van der Waals surface area contributed by atoms with Gasteiger partial charge in [0.2, 0.25) is 5.91 Å². The molecule has 3 rings (SSSR count). The highest BCUT2D eigenvalue weighted by Crippen LogP contribution is 2.29. The zero-order chi connectivity index (χ0) is 16.4. The van der Waals surface area contributed by atoms with Crippen molar-refractivity contribution in [1.29, 1.82) is 0 Å². The molecule has 120 valence electrons. The summed E-state index contributed by atoms with van der Waals surface area (Å²) in [6.45, 7) is -0.203. The molecule has 23 heavy (non-hydrogen) atoms. The van der Waals surface area contributed by atoms with Gasteiger partial charge in [-0.25, -0.2) is 4.39 Å². The van der Waals surface area contributed by atoms with E-state index < -0.39 is 23.9 Å². The van der Waals surface area contributed by atoms with E-state index in [9.17, 15) is 14.0 Å². The maximum absolute atomic E-state index is 13.1. The number of hydrogen-bond donors (Lipinski definition) is 1. The Bertz CT molecular complexity index is 702. The highest BCUT2D eigenvalue weighted by atomic mass is 19.1. The third-order valence-electron chi connectivity index (χ3n) is 3.64.